The van der Waals surface area contributed by atoms with E-state index < -0.39 is 5.60 Å². The van der Waals surface area contributed by atoms with Crippen LogP contribution in [0.3, 0.4) is 0 Å². The third kappa shape index (κ3) is 14.0. The summed E-state index contributed by atoms with van der Waals surface area (Å²) in [5.74, 6) is 0.814. The second-order valence-electron chi connectivity index (χ2n) is 8.45. The van der Waals surface area contributed by atoms with Crippen LogP contribution < -0.4 is 16.8 Å². The van der Waals surface area contributed by atoms with E-state index in [1.165, 1.54) is 11.8 Å². The van der Waals surface area contributed by atoms with Gasteiger partial charge in [0.15, 0.2) is 0 Å². The number of hydrogen-bond acceptors (Lipinski definition) is 6. The Labute approximate surface area is 227 Å². The van der Waals surface area contributed by atoms with E-state index in [2.05, 4.69) is 34.4 Å². The number of aliphatic hydroxyl groups is 2. The van der Waals surface area contributed by atoms with Crippen LogP contribution in [0.4, 0.5) is 5.82 Å². The summed E-state index contributed by atoms with van der Waals surface area (Å²) in [5.41, 5.74) is 13.6. The average molecular weight is 535 g/mol. The van der Waals surface area contributed by atoms with Crippen molar-refractivity contribution in [2.24, 2.45) is 16.5 Å². The molecule has 0 unspecified atom stereocenters. The van der Waals surface area contributed by atoms with Crippen LogP contribution in [0.15, 0.2) is 64.9 Å². The van der Waals surface area contributed by atoms with Gasteiger partial charge in [-0.2, -0.15) is 5.10 Å². The summed E-state index contributed by atoms with van der Waals surface area (Å²) in [6, 6.07) is 9.47. The molecule has 37 heavy (non-hydrogen) atoms. The molecule has 0 saturated heterocycles. The molecule has 8 nitrogen and oxygen atoms in total. The largest absolute Gasteiger partial charge is 0.404 e. The van der Waals surface area contributed by atoms with Crippen LogP contribution in [-0.4, -0.2) is 51.5 Å². The van der Waals surface area contributed by atoms with Crippen molar-refractivity contribution in [2.45, 2.75) is 72.3 Å². The topological polar surface area (TPSA) is 146 Å². The van der Waals surface area contributed by atoms with Crippen LogP contribution in [0.5, 0.6) is 0 Å². The molecule has 8 N–H and O–H groups in total. The molecule has 1 aromatic heterocycles. The highest BCUT2D eigenvalue weighted by Crippen LogP contribution is 2.33. The van der Waals surface area contributed by atoms with Crippen molar-refractivity contribution >= 4 is 23.3 Å². The number of nitrogens with zero attached hydrogens (tertiary/aromatic N) is 2. The highest BCUT2D eigenvalue weighted by atomic mass is 35.5. The molecule has 1 heterocycles. The predicted octanol–water partition coefficient (Wildman–Crippen LogP) is 5.15. The molecule has 0 spiro atoms. The zero-order valence-corrected chi connectivity index (χ0v) is 23.9. The van der Waals surface area contributed by atoms with E-state index in [1.54, 1.807) is 12.3 Å². The van der Waals surface area contributed by atoms with Gasteiger partial charge in [0.2, 0.25) is 0 Å². The summed E-state index contributed by atoms with van der Waals surface area (Å²) in [4.78, 5) is 4.30. The molecule has 2 aromatic rings. The number of benzene rings is 1. The number of halogens is 1. The number of aliphatic hydroxyl groups excluding tert-OH is 1. The molecular weight excluding hydrogens is 488 g/mol. The van der Waals surface area contributed by atoms with Gasteiger partial charge in [-0.05, 0) is 50.4 Å². The number of aromatic nitrogens is 2. The van der Waals surface area contributed by atoms with Gasteiger partial charge in [-0.1, -0.05) is 75.9 Å². The minimum atomic E-state index is -0.946. The maximum absolute atomic E-state index is 11.2. The lowest BCUT2D eigenvalue weighted by atomic mass is 9.80. The van der Waals surface area contributed by atoms with Gasteiger partial charge in [-0.25, -0.2) is 4.99 Å². The lowest BCUT2D eigenvalue weighted by Crippen LogP contribution is -2.35. The van der Waals surface area contributed by atoms with Crippen LogP contribution in [-0.2, 0) is 0 Å². The number of H-pyrrole nitrogens is 1. The van der Waals surface area contributed by atoms with Crippen LogP contribution in [0, 0.1) is 6.92 Å². The Bertz CT molecular complexity index is 894. The van der Waals surface area contributed by atoms with E-state index in [0.717, 1.165) is 42.9 Å². The first-order valence-electron chi connectivity index (χ1n) is 13.0. The van der Waals surface area contributed by atoms with Crippen molar-refractivity contribution in [1.82, 2.24) is 15.5 Å². The van der Waals surface area contributed by atoms with Crippen molar-refractivity contribution < 1.29 is 10.2 Å². The maximum atomic E-state index is 11.2. The summed E-state index contributed by atoms with van der Waals surface area (Å²) in [6.07, 6.45) is 8.83. The van der Waals surface area contributed by atoms with E-state index in [0.29, 0.717) is 24.2 Å². The van der Waals surface area contributed by atoms with Crippen molar-refractivity contribution in [1.29, 1.82) is 0 Å². The molecule has 208 valence electrons. The molecule has 0 aliphatic heterocycles. The average Bonchev–Trinajstić information content (AvgIpc) is 3.38. The van der Waals surface area contributed by atoms with Gasteiger partial charge in [0.25, 0.3) is 0 Å². The Morgan fingerprint density at radius 1 is 1.14 bits per heavy atom. The molecule has 0 amide bonds. The van der Waals surface area contributed by atoms with Crippen molar-refractivity contribution in [3.63, 3.8) is 0 Å². The molecule has 1 aromatic carbocycles. The molecule has 0 bridgehead atoms. The molecule has 2 rings (SSSR count). The Morgan fingerprint density at radius 3 is 2.14 bits per heavy atom. The molecule has 0 fully saturated rings. The third-order valence-electron chi connectivity index (χ3n) is 5.25. The van der Waals surface area contributed by atoms with Crippen LogP contribution >= 0.6 is 11.6 Å². The second-order valence-corrected chi connectivity index (χ2v) is 8.89. The molecule has 0 aliphatic rings. The Hall–Kier alpha value is -2.65. The maximum Gasteiger partial charge on any atom is 0.150 e. The van der Waals surface area contributed by atoms with Gasteiger partial charge in [-0.15, -0.1) is 0 Å². The molecule has 9 heteroatoms. The standard InChI is InChI=1S/C17H29N5O.C7H7Cl.C4H11NO/c1-4-7-14(17(23,9-5-2)10-6-3)13(12-18)16(19)21-15-8-11-20-22-15;1-6-2-4-7(8)5-3-6;1-2-5-3-4-6/h7-8,11-12,23H,4-6,9-10,18H2,1-3H3,(H3,19,20,21,22);2-5H,1H3;5-6H,2-4H2,1H3/b13-12-,14-7+;;. The number of amidine groups is 1. The first-order chi connectivity index (χ1) is 17.7. The van der Waals surface area contributed by atoms with Gasteiger partial charge >= 0.3 is 0 Å². The number of nitrogens with one attached hydrogen (secondary N) is 2. The Kier molecular flexibility index (Phi) is 19.0. The third-order valence-corrected chi connectivity index (χ3v) is 5.50. The predicted molar refractivity (Wildman–Crippen MR) is 157 cm³/mol. The van der Waals surface area contributed by atoms with Gasteiger partial charge in [0.1, 0.15) is 11.7 Å². The van der Waals surface area contributed by atoms with Crippen molar-refractivity contribution in [3.05, 3.63) is 70.5 Å². The number of aromatic amines is 1. The van der Waals surface area contributed by atoms with Gasteiger partial charge in [0, 0.05) is 29.4 Å². The molecule has 0 saturated carbocycles. The fourth-order valence-electron chi connectivity index (χ4n) is 3.58. The first-order valence-corrected chi connectivity index (χ1v) is 13.3. The fourth-order valence-corrected chi connectivity index (χ4v) is 3.71. The number of hydrogen-bond donors (Lipinski definition) is 6. The normalized spacial score (nSPS) is 12.4. The number of aryl methyl sites for hydroxylation is 1. The van der Waals surface area contributed by atoms with E-state index >= 15 is 0 Å². The van der Waals surface area contributed by atoms with Gasteiger partial charge in [0.05, 0.1) is 18.4 Å². The fraction of sp³-hybridized carbons (Fsp3) is 0.500. The smallest absolute Gasteiger partial charge is 0.150 e. The molecule has 0 atom stereocenters. The lowest BCUT2D eigenvalue weighted by molar-refractivity contribution is 0.0607. The monoisotopic (exact) mass is 534 g/mol. The van der Waals surface area contributed by atoms with E-state index in [4.69, 9.17) is 28.2 Å². The Balaban J connectivity index is 0.000000749. The molecule has 0 radical (unpaired) electrons. The summed E-state index contributed by atoms with van der Waals surface area (Å²) < 4.78 is 0. The van der Waals surface area contributed by atoms with Crippen LogP contribution in [0.1, 0.15) is 65.4 Å². The zero-order valence-electron chi connectivity index (χ0n) is 23.1. The summed E-state index contributed by atoms with van der Waals surface area (Å²) in [7, 11) is 0. The van der Waals surface area contributed by atoms with E-state index in [9.17, 15) is 5.11 Å². The van der Waals surface area contributed by atoms with Crippen molar-refractivity contribution in [3.8, 4) is 0 Å². The highest BCUT2D eigenvalue weighted by molar-refractivity contribution is 6.30. The minimum Gasteiger partial charge on any atom is -0.404 e. The summed E-state index contributed by atoms with van der Waals surface area (Å²) in [6.45, 7) is 12.1. The van der Waals surface area contributed by atoms with Crippen molar-refractivity contribution in [2.75, 3.05) is 19.7 Å². The summed E-state index contributed by atoms with van der Waals surface area (Å²) >= 11 is 5.61. The van der Waals surface area contributed by atoms with Crippen LogP contribution in [0.2, 0.25) is 5.02 Å². The highest BCUT2D eigenvalue weighted by Gasteiger charge is 2.32. The zero-order chi connectivity index (χ0) is 28.1. The quantitative estimate of drug-likeness (QED) is 0.0961. The second kappa shape index (κ2) is 20.4. The number of likely N-dealkylation sites (N-methyl/N-ethyl adjacent to an activating group) is 1. The van der Waals surface area contributed by atoms with Gasteiger partial charge in [-0.3, -0.25) is 5.10 Å². The molecule has 0 aliphatic carbocycles. The Morgan fingerprint density at radius 2 is 1.76 bits per heavy atom. The number of nitrogens with two attached hydrogens (primary N) is 2. The van der Waals surface area contributed by atoms with Gasteiger partial charge < -0.3 is 27.0 Å². The SMILES string of the molecule is CCNCCO.CC\C=C(C(=C/N)/C(N)=N/c1ccn[nH]1)\C(O)(CCC)CCC.Cc1ccc(Cl)cc1. The summed E-state index contributed by atoms with van der Waals surface area (Å²) in [5, 5.41) is 29.7. The molecular formula is C28H47ClN6O2. The van der Waals surface area contributed by atoms with E-state index in [1.807, 2.05) is 51.1 Å². The number of aliphatic imine (C=N–C) groups is 1. The lowest BCUT2D eigenvalue weighted by Gasteiger charge is -2.32. The van der Waals surface area contributed by atoms with Crippen LogP contribution in [0.25, 0.3) is 0 Å². The van der Waals surface area contributed by atoms with E-state index in [-0.39, 0.29) is 12.4 Å². The minimum absolute atomic E-state index is 0.244. The first kappa shape index (κ1) is 34.4. The number of rotatable bonds is 12. The number of allylic oxidation sites excluding steroid dienone is 1.